The van der Waals surface area contributed by atoms with E-state index in [0.29, 0.717) is 98.5 Å². The number of thiazole rings is 1. The molecule has 1 saturated carbocycles. The van der Waals surface area contributed by atoms with Gasteiger partial charge in [-0.2, -0.15) is 38.0 Å². The zero-order valence-corrected chi connectivity index (χ0v) is 59.6. The average Bonchev–Trinajstić information content (AvgIpc) is 1.66. The van der Waals surface area contributed by atoms with E-state index in [1.54, 1.807) is 62.8 Å². The molecular formula is C79H70FN17O10S. The molecule has 0 amide bonds. The number of aromatic amines is 4. The second kappa shape index (κ2) is 33.1. The van der Waals surface area contributed by atoms with E-state index in [-0.39, 0.29) is 65.5 Å². The second-order valence-corrected chi connectivity index (χ2v) is 25.6. The Kier molecular flexibility index (Phi) is 21.9. The van der Waals surface area contributed by atoms with Gasteiger partial charge in [-0.25, -0.2) is 29.3 Å². The normalized spacial score (nSPS) is 12.0. The van der Waals surface area contributed by atoms with Crippen molar-refractivity contribution in [1.82, 2.24) is 83.3 Å². The fourth-order valence-electron chi connectivity index (χ4n) is 11.6. The van der Waals surface area contributed by atoms with Crippen molar-refractivity contribution >= 4 is 34.4 Å². The molecule has 16 aromatic rings. The number of benzene rings is 7. The van der Waals surface area contributed by atoms with Crippen LogP contribution in [0.2, 0.25) is 0 Å². The smallest absolute Gasteiger partial charge is 0.274 e. The molecule has 0 saturated heterocycles. The third-order valence-corrected chi connectivity index (χ3v) is 18.2. The standard InChI is InChI=1S/C22H17N5O2S.C20H18N4O4.C19H15FN4O2.C18H20N4O2/c1-14-13-30-21(23-14)16-7-9-18(10-8-16)29-12-17-11-19(28)27-22(24-17)25-20(26-27)15-5-3-2-4-6-15;1-26-16-9-8-15(11-17(16)27-2)28-12-14-10-18(25)24-20(21-14)22-19(23-24)13-6-4-3-5-7-13;1-12-15(20)8-5-9-16(12)26-11-14-10-17(25)24-19(21-14)22-18(23-24)13-6-3-2-4-7-13;23-16-11-14(12-24-15-9-5-2-6-10-15)19-18-20-17(21-22(16)18)13-7-3-1-4-8-13/h2-11,13H,12H2,1H3,(H,24,25,26);3-11H,12H2,1-2H3,(H,21,22,23);2-10H,11H2,1H3,(H,21,22,23);1,3-4,7-8,11,15H,2,5-6,9-10,12H2,(H,19,20,21). The van der Waals surface area contributed by atoms with Crippen LogP contribution < -0.4 is 45.9 Å². The SMILES string of the molecule is COc1ccc(OCc2cc(=O)n3[nH]c(-c4ccccc4)nc3n2)cc1OC.Cc1c(F)cccc1OCc1cc(=O)n2[nH]c(-c3ccccc3)nc2n1.Cc1csc(-c2ccc(OCc3cc(=O)n4[nH]c(-c5ccccc5)nc4n3)cc2)n1.O=c1cc(COC2CCCCC2)nc2nc(-c3ccccc3)[nH]n12. The molecule has 27 nitrogen and oxygen atoms in total. The van der Waals surface area contributed by atoms with Crippen molar-refractivity contribution in [1.29, 1.82) is 0 Å². The lowest BCUT2D eigenvalue weighted by molar-refractivity contribution is 0.0152. The Hall–Kier alpha value is -13.5. The highest BCUT2D eigenvalue weighted by molar-refractivity contribution is 7.13. The molecular weight excluding hydrogens is 1400 g/mol. The number of H-pyrrole nitrogens is 4. The Labute approximate surface area is 618 Å². The van der Waals surface area contributed by atoms with Gasteiger partial charge in [-0.3, -0.25) is 39.6 Å². The number of nitrogens with zero attached hydrogens (tertiary/aromatic N) is 13. The number of rotatable bonds is 19. The van der Waals surface area contributed by atoms with Gasteiger partial charge in [0.05, 0.1) is 49.7 Å². The van der Waals surface area contributed by atoms with Gasteiger partial charge >= 0.3 is 0 Å². The van der Waals surface area contributed by atoms with Crippen molar-refractivity contribution in [3.63, 3.8) is 0 Å². The maximum Gasteiger partial charge on any atom is 0.274 e. The number of methoxy groups -OCH3 is 2. The molecule has 7 aromatic carbocycles. The van der Waals surface area contributed by atoms with Crippen LogP contribution in [0, 0.1) is 19.7 Å². The maximum atomic E-state index is 13.6. The van der Waals surface area contributed by atoms with Gasteiger partial charge in [-0.1, -0.05) is 147 Å². The van der Waals surface area contributed by atoms with Gasteiger partial charge in [0.2, 0.25) is 0 Å². The molecule has 0 bridgehead atoms. The maximum absolute atomic E-state index is 13.6. The third-order valence-electron chi connectivity index (χ3n) is 17.2. The van der Waals surface area contributed by atoms with Crippen molar-refractivity contribution in [3.05, 3.63) is 293 Å². The van der Waals surface area contributed by atoms with Crippen LogP contribution in [-0.2, 0) is 31.2 Å². The summed E-state index contributed by atoms with van der Waals surface area (Å²) in [5.41, 5.74) is 7.10. The molecule has 0 aliphatic heterocycles. The number of ether oxygens (including phenoxy) is 6. The van der Waals surface area contributed by atoms with Gasteiger partial charge in [0.15, 0.2) is 34.8 Å². The summed E-state index contributed by atoms with van der Waals surface area (Å²) in [5.74, 6) is 6.09. The van der Waals surface area contributed by atoms with Crippen LogP contribution in [0.15, 0.2) is 231 Å². The first kappa shape index (κ1) is 71.5. The number of nitrogens with one attached hydrogen (secondary N) is 4. The van der Waals surface area contributed by atoms with Crippen LogP contribution in [0.1, 0.15) is 66.1 Å². The molecule has 9 aromatic heterocycles. The van der Waals surface area contributed by atoms with Gasteiger partial charge < -0.3 is 28.4 Å². The van der Waals surface area contributed by atoms with E-state index in [4.69, 9.17) is 28.4 Å². The van der Waals surface area contributed by atoms with Crippen molar-refractivity contribution in [2.45, 2.75) is 78.5 Å². The van der Waals surface area contributed by atoms with E-state index in [1.807, 2.05) is 158 Å². The summed E-state index contributed by atoms with van der Waals surface area (Å²) >= 11 is 1.61. The first-order chi connectivity index (χ1) is 52.7. The Morgan fingerprint density at radius 1 is 0.398 bits per heavy atom. The van der Waals surface area contributed by atoms with E-state index in [0.717, 1.165) is 51.4 Å². The lowest BCUT2D eigenvalue weighted by Crippen LogP contribution is -2.19. The minimum absolute atomic E-state index is 0.0452. The Morgan fingerprint density at radius 3 is 1.20 bits per heavy atom. The summed E-state index contributed by atoms with van der Waals surface area (Å²) in [5, 5.41) is 14.9. The quantitative estimate of drug-likeness (QED) is 0.0584. The molecule has 0 spiro atoms. The Balaban J connectivity index is 0.000000121. The number of aromatic nitrogens is 17. The molecule has 1 aliphatic rings. The van der Waals surface area contributed by atoms with Crippen LogP contribution in [0.25, 0.3) is 79.2 Å². The van der Waals surface area contributed by atoms with Crippen LogP contribution in [0.5, 0.6) is 28.7 Å². The largest absolute Gasteiger partial charge is 0.493 e. The van der Waals surface area contributed by atoms with Gasteiger partial charge in [-0.05, 0) is 75.2 Å². The Bertz CT molecular complexity index is 6020. The first-order valence-corrected chi connectivity index (χ1v) is 35.3. The number of aryl methyl sites for hydroxylation is 1. The number of hydrogen-bond donors (Lipinski definition) is 4. The fourth-order valence-corrected chi connectivity index (χ4v) is 12.4. The molecule has 9 heterocycles. The molecule has 4 N–H and O–H groups in total. The average molecular weight is 1470 g/mol. The summed E-state index contributed by atoms with van der Waals surface area (Å²) in [6, 6.07) is 61.6. The highest BCUT2D eigenvalue weighted by atomic mass is 32.1. The molecule has 544 valence electrons. The van der Waals surface area contributed by atoms with Gasteiger partial charge in [0.1, 0.15) is 47.9 Å². The number of halogens is 1. The number of hydrogen-bond acceptors (Lipinski definition) is 20. The van der Waals surface area contributed by atoms with E-state index in [2.05, 4.69) is 65.3 Å². The second-order valence-electron chi connectivity index (χ2n) is 24.8. The van der Waals surface area contributed by atoms with Crippen molar-refractivity contribution in [2.24, 2.45) is 0 Å². The predicted octanol–water partition coefficient (Wildman–Crippen LogP) is 12.8. The molecule has 0 unspecified atom stereocenters. The van der Waals surface area contributed by atoms with Crippen LogP contribution in [0.4, 0.5) is 4.39 Å². The molecule has 1 fully saturated rings. The van der Waals surface area contributed by atoms with E-state index in [1.165, 1.54) is 67.7 Å². The minimum atomic E-state index is -0.342. The molecule has 0 radical (unpaired) electrons. The van der Waals surface area contributed by atoms with Gasteiger partial charge in [0, 0.05) is 74.8 Å². The van der Waals surface area contributed by atoms with Gasteiger partial charge in [0.25, 0.3) is 45.3 Å². The van der Waals surface area contributed by atoms with Crippen molar-refractivity contribution in [3.8, 4) is 84.9 Å². The molecule has 29 heteroatoms. The number of fused-ring (bicyclic) bond motifs is 4. The minimum Gasteiger partial charge on any atom is -0.493 e. The topological polar surface area (TPSA) is 320 Å². The molecule has 17 rings (SSSR count). The molecule has 0 atom stereocenters. The highest BCUT2D eigenvalue weighted by Gasteiger charge is 2.19. The summed E-state index contributed by atoms with van der Waals surface area (Å²) in [4.78, 5) is 89.3. The van der Waals surface area contributed by atoms with Crippen LogP contribution in [0.3, 0.4) is 0 Å². The zero-order chi connectivity index (χ0) is 74.5. The summed E-state index contributed by atoms with van der Waals surface area (Å²) in [6.07, 6.45) is 6.22. The monoisotopic (exact) mass is 1470 g/mol. The highest BCUT2D eigenvalue weighted by Crippen LogP contribution is 2.32. The van der Waals surface area contributed by atoms with Crippen molar-refractivity contribution in [2.75, 3.05) is 14.2 Å². The van der Waals surface area contributed by atoms with Crippen LogP contribution in [-0.4, -0.2) is 104 Å². The van der Waals surface area contributed by atoms with Gasteiger partial charge in [-0.15, -0.1) is 11.3 Å². The third kappa shape index (κ3) is 17.1. The van der Waals surface area contributed by atoms with Crippen LogP contribution >= 0.6 is 11.3 Å². The summed E-state index contributed by atoms with van der Waals surface area (Å²) in [7, 11) is 3.12. The summed E-state index contributed by atoms with van der Waals surface area (Å²) in [6.45, 7) is 4.32. The Morgan fingerprint density at radius 2 is 0.796 bits per heavy atom. The van der Waals surface area contributed by atoms with E-state index >= 15 is 0 Å². The lowest BCUT2D eigenvalue weighted by atomic mass is 9.98. The first-order valence-electron chi connectivity index (χ1n) is 34.4. The zero-order valence-electron chi connectivity index (χ0n) is 58.8. The van der Waals surface area contributed by atoms with E-state index in [9.17, 15) is 23.6 Å². The molecule has 1 aliphatic carbocycles. The van der Waals surface area contributed by atoms with E-state index < -0.39 is 0 Å². The van der Waals surface area contributed by atoms with Crippen molar-refractivity contribution < 1.29 is 32.8 Å². The lowest BCUT2D eigenvalue weighted by Gasteiger charge is -2.21. The predicted molar refractivity (Wildman–Crippen MR) is 404 cm³/mol. The summed E-state index contributed by atoms with van der Waals surface area (Å²) < 4.78 is 52.4. The molecule has 108 heavy (non-hydrogen) atoms. The fraction of sp³-hybridized carbons (Fsp3) is 0.177.